The number of hydrogen-bond acceptors (Lipinski definition) is 5. The lowest BCUT2D eigenvalue weighted by atomic mass is 10.2. The number of nitrogens with two attached hydrogens (primary N) is 1. The van der Waals surface area contributed by atoms with Gasteiger partial charge in [-0.1, -0.05) is 23.4 Å². The summed E-state index contributed by atoms with van der Waals surface area (Å²) < 4.78 is 0. The molecule has 1 rings (SSSR count). The minimum absolute atomic E-state index is 0.257. The standard InChI is InChI=1S/C10H7N3O3/c11-6-8(9(12)14)13-16-10(15)7-4-2-1-3-5-7/h1-5H,(H2,12,14). The number of hydrogen-bond donors (Lipinski definition) is 1. The largest absolute Gasteiger partial charge is 0.365 e. The van der Waals surface area contributed by atoms with E-state index >= 15 is 0 Å². The number of benzene rings is 1. The van der Waals surface area contributed by atoms with E-state index in [4.69, 9.17) is 11.0 Å². The molecule has 0 atom stereocenters. The smallest absolute Gasteiger partial charge is 0.364 e. The second-order valence-electron chi connectivity index (χ2n) is 2.66. The fourth-order valence-corrected chi connectivity index (χ4v) is 0.835. The first-order valence-electron chi connectivity index (χ1n) is 4.19. The van der Waals surface area contributed by atoms with Gasteiger partial charge in [0.25, 0.3) is 5.91 Å². The quantitative estimate of drug-likeness (QED) is 0.443. The van der Waals surface area contributed by atoms with Crippen LogP contribution in [-0.2, 0) is 9.63 Å². The van der Waals surface area contributed by atoms with Gasteiger partial charge in [-0.2, -0.15) is 5.26 Å². The Morgan fingerprint density at radius 3 is 2.44 bits per heavy atom. The zero-order valence-corrected chi connectivity index (χ0v) is 8.08. The molecule has 0 aliphatic rings. The molecule has 0 heterocycles. The van der Waals surface area contributed by atoms with Gasteiger partial charge in [-0.05, 0) is 12.1 Å². The van der Waals surface area contributed by atoms with Crippen molar-refractivity contribution >= 4 is 17.6 Å². The highest BCUT2D eigenvalue weighted by molar-refractivity contribution is 6.44. The lowest BCUT2D eigenvalue weighted by Gasteiger charge is -1.96. The predicted molar refractivity (Wildman–Crippen MR) is 54.1 cm³/mol. The van der Waals surface area contributed by atoms with Gasteiger partial charge in [0.2, 0.25) is 5.71 Å². The van der Waals surface area contributed by atoms with Crippen LogP contribution in [0.3, 0.4) is 0 Å². The molecule has 0 aliphatic carbocycles. The van der Waals surface area contributed by atoms with Crippen molar-refractivity contribution < 1.29 is 14.4 Å². The normalized spacial score (nSPS) is 10.3. The number of carbonyl (C=O) groups excluding carboxylic acids is 2. The highest BCUT2D eigenvalue weighted by Crippen LogP contribution is 2.01. The van der Waals surface area contributed by atoms with Crippen molar-refractivity contribution in [2.75, 3.05) is 0 Å². The topological polar surface area (TPSA) is 106 Å². The van der Waals surface area contributed by atoms with Crippen LogP contribution in [0.25, 0.3) is 0 Å². The predicted octanol–water partition coefficient (Wildman–Crippen LogP) is 0.208. The number of oxime groups is 1. The summed E-state index contributed by atoms with van der Waals surface area (Å²) in [5.74, 6) is -1.82. The molecule has 80 valence electrons. The van der Waals surface area contributed by atoms with E-state index in [2.05, 4.69) is 9.99 Å². The van der Waals surface area contributed by atoms with E-state index in [0.717, 1.165) is 0 Å². The fraction of sp³-hybridized carbons (Fsp3) is 0. The summed E-state index contributed by atoms with van der Waals surface area (Å²) in [6.45, 7) is 0. The molecule has 0 saturated carbocycles. The Bertz CT molecular complexity index is 474. The van der Waals surface area contributed by atoms with Gasteiger partial charge >= 0.3 is 5.97 Å². The minimum atomic E-state index is -1.05. The summed E-state index contributed by atoms with van der Waals surface area (Å²) >= 11 is 0. The molecule has 0 spiro atoms. The Hall–Kier alpha value is -2.68. The highest BCUT2D eigenvalue weighted by atomic mass is 16.7. The number of amides is 1. The molecule has 1 amide bonds. The number of primary amides is 1. The molecule has 6 nitrogen and oxygen atoms in total. The van der Waals surface area contributed by atoms with E-state index in [1.807, 2.05) is 0 Å². The van der Waals surface area contributed by atoms with Gasteiger partial charge in [-0.25, -0.2) is 4.79 Å². The summed E-state index contributed by atoms with van der Waals surface area (Å²) in [6, 6.07) is 9.43. The van der Waals surface area contributed by atoms with Crippen molar-refractivity contribution in [3.05, 3.63) is 35.9 Å². The van der Waals surface area contributed by atoms with Crippen molar-refractivity contribution in [3.63, 3.8) is 0 Å². The van der Waals surface area contributed by atoms with Crippen LogP contribution in [0.2, 0.25) is 0 Å². The van der Waals surface area contributed by atoms with Crippen LogP contribution in [0.15, 0.2) is 35.5 Å². The van der Waals surface area contributed by atoms with E-state index < -0.39 is 17.6 Å². The van der Waals surface area contributed by atoms with Gasteiger partial charge in [0.05, 0.1) is 5.56 Å². The zero-order chi connectivity index (χ0) is 12.0. The van der Waals surface area contributed by atoms with Gasteiger partial charge in [0.15, 0.2) is 0 Å². The van der Waals surface area contributed by atoms with Crippen LogP contribution in [0.5, 0.6) is 0 Å². The highest BCUT2D eigenvalue weighted by Gasteiger charge is 2.10. The van der Waals surface area contributed by atoms with Crippen LogP contribution < -0.4 is 5.73 Å². The molecule has 6 heteroatoms. The maximum absolute atomic E-state index is 11.3. The third kappa shape index (κ3) is 2.92. The van der Waals surface area contributed by atoms with Crippen LogP contribution in [-0.4, -0.2) is 17.6 Å². The van der Waals surface area contributed by atoms with E-state index in [1.165, 1.54) is 18.2 Å². The maximum Gasteiger partial charge on any atom is 0.365 e. The Labute approximate surface area is 90.9 Å². The summed E-state index contributed by atoms with van der Waals surface area (Å²) in [6.07, 6.45) is 0. The van der Waals surface area contributed by atoms with Crippen LogP contribution in [0, 0.1) is 11.3 Å². The van der Waals surface area contributed by atoms with Crippen molar-refractivity contribution in [1.82, 2.24) is 0 Å². The van der Waals surface area contributed by atoms with Gasteiger partial charge in [-0.15, -0.1) is 0 Å². The van der Waals surface area contributed by atoms with E-state index in [9.17, 15) is 9.59 Å². The number of rotatable bonds is 3. The third-order valence-electron chi connectivity index (χ3n) is 1.57. The molecule has 1 aromatic rings. The summed E-state index contributed by atoms with van der Waals surface area (Å²) in [5, 5.41) is 11.5. The summed E-state index contributed by atoms with van der Waals surface area (Å²) in [5.41, 5.74) is 4.38. The second-order valence-corrected chi connectivity index (χ2v) is 2.66. The number of nitriles is 1. The minimum Gasteiger partial charge on any atom is -0.364 e. The Kier molecular flexibility index (Phi) is 3.75. The number of carbonyl (C=O) groups is 2. The van der Waals surface area contributed by atoms with Gasteiger partial charge < -0.3 is 10.6 Å². The molecule has 0 fully saturated rings. The first-order chi connectivity index (χ1) is 7.65. The number of nitrogens with zero attached hydrogens (tertiary/aromatic N) is 2. The van der Waals surface area contributed by atoms with E-state index in [-0.39, 0.29) is 5.56 Å². The average Bonchev–Trinajstić information content (AvgIpc) is 2.30. The molecule has 0 unspecified atom stereocenters. The third-order valence-corrected chi connectivity index (χ3v) is 1.57. The lowest BCUT2D eigenvalue weighted by Crippen LogP contribution is -2.22. The molecule has 0 aromatic heterocycles. The molecular formula is C10H7N3O3. The first kappa shape index (κ1) is 11.4. The SMILES string of the molecule is N#CC(=NOC(=O)c1ccccc1)C(N)=O. The summed E-state index contributed by atoms with van der Waals surface area (Å²) in [4.78, 5) is 26.2. The van der Waals surface area contributed by atoms with Crippen molar-refractivity contribution in [1.29, 1.82) is 5.26 Å². The van der Waals surface area contributed by atoms with E-state index in [1.54, 1.807) is 18.2 Å². The van der Waals surface area contributed by atoms with Gasteiger partial charge in [0.1, 0.15) is 6.07 Å². The second kappa shape index (κ2) is 5.26. The van der Waals surface area contributed by atoms with Crippen LogP contribution in [0.1, 0.15) is 10.4 Å². The molecule has 0 aliphatic heterocycles. The monoisotopic (exact) mass is 217 g/mol. The molecule has 0 saturated heterocycles. The zero-order valence-electron chi connectivity index (χ0n) is 8.08. The summed E-state index contributed by atoms with van der Waals surface area (Å²) in [7, 11) is 0. The maximum atomic E-state index is 11.3. The van der Waals surface area contributed by atoms with Gasteiger partial charge in [-0.3, -0.25) is 4.79 Å². The molecular weight excluding hydrogens is 210 g/mol. The van der Waals surface area contributed by atoms with Crippen LogP contribution >= 0.6 is 0 Å². The Morgan fingerprint density at radius 1 is 1.31 bits per heavy atom. The Morgan fingerprint density at radius 2 is 1.94 bits per heavy atom. The van der Waals surface area contributed by atoms with Crippen molar-refractivity contribution in [2.45, 2.75) is 0 Å². The van der Waals surface area contributed by atoms with Crippen LogP contribution in [0.4, 0.5) is 0 Å². The van der Waals surface area contributed by atoms with Crippen molar-refractivity contribution in [2.24, 2.45) is 10.9 Å². The molecule has 16 heavy (non-hydrogen) atoms. The molecule has 0 bridgehead atoms. The lowest BCUT2D eigenvalue weighted by molar-refractivity contribution is -0.112. The van der Waals surface area contributed by atoms with Gasteiger partial charge in [0, 0.05) is 0 Å². The molecule has 0 radical (unpaired) electrons. The van der Waals surface area contributed by atoms with Crippen molar-refractivity contribution in [3.8, 4) is 6.07 Å². The Balaban J connectivity index is 2.74. The van der Waals surface area contributed by atoms with E-state index in [0.29, 0.717) is 0 Å². The average molecular weight is 217 g/mol. The first-order valence-corrected chi connectivity index (χ1v) is 4.19. The molecule has 2 N–H and O–H groups in total. The fourth-order valence-electron chi connectivity index (χ4n) is 0.835. The molecule has 1 aromatic carbocycles.